The Labute approximate surface area is 94.3 Å². The molecule has 0 bridgehead atoms. The van der Waals surface area contributed by atoms with E-state index < -0.39 is 0 Å². The molecule has 0 N–H and O–H groups in total. The first kappa shape index (κ1) is 9.85. The van der Waals surface area contributed by atoms with E-state index in [4.69, 9.17) is 0 Å². The standard InChI is InChI=1S/C13H15FN2/c1-15(2)12-7-10-6-11(14)5-9-3-4-16(8-12)13(9)10/h3-6,12H,7-8H2,1-2H3/t12-/m1/s1. The molecule has 0 aliphatic carbocycles. The molecule has 0 saturated carbocycles. The van der Waals surface area contributed by atoms with Crippen LogP contribution in [0, 0.1) is 5.82 Å². The van der Waals surface area contributed by atoms with Gasteiger partial charge in [-0.25, -0.2) is 4.39 Å². The van der Waals surface area contributed by atoms with Gasteiger partial charge in [0.1, 0.15) is 5.82 Å². The van der Waals surface area contributed by atoms with Crippen molar-refractivity contribution >= 4 is 10.9 Å². The van der Waals surface area contributed by atoms with Gasteiger partial charge in [0.2, 0.25) is 0 Å². The van der Waals surface area contributed by atoms with Crippen molar-refractivity contribution in [3.8, 4) is 0 Å². The molecule has 2 heterocycles. The van der Waals surface area contributed by atoms with Gasteiger partial charge in [-0.05, 0) is 44.3 Å². The minimum Gasteiger partial charge on any atom is -0.346 e. The van der Waals surface area contributed by atoms with Crippen LogP contribution in [0.4, 0.5) is 4.39 Å². The predicted octanol–water partition coefficient (Wildman–Crippen LogP) is 2.27. The first-order valence-electron chi connectivity index (χ1n) is 5.59. The molecule has 0 saturated heterocycles. The Bertz CT molecular complexity index is 542. The van der Waals surface area contributed by atoms with Crippen molar-refractivity contribution in [1.82, 2.24) is 9.47 Å². The normalized spacial score (nSPS) is 19.6. The largest absolute Gasteiger partial charge is 0.346 e. The van der Waals surface area contributed by atoms with Crippen molar-refractivity contribution in [3.63, 3.8) is 0 Å². The van der Waals surface area contributed by atoms with E-state index in [2.05, 4.69) is 29.8 Å². The third-order valence-electron chi connectivity index (χ3n) is 3.50. The first-order chi connectivity index (χ1) is 7.65. The Morgan fingerprint density at radius 3 is 2.94 bits per heavy atom. The third kappa shape index (κ3) is 1.35. The van der Waals surface area contributed by atoms with Crippen LogP contribution in [0.1, 0.15) is 5.56 Å². The van der Waals surface area contributed by atoms with Gasteiger partial charge in [0.15, 0.2) is 0 Å². The van der Waals surface area contributed by atoms with Gasteiger partial charge in [-0.1, -0.05) is 0 Å². The van der Waals surface area contributed by atoms with E-state index in [-0.39, 0.29) is 5.82 Å². The van der Waals surface area contributed by atoms with E-state index >= 15 is 0 Å². The topological polar surface area (TPSA) is 8.17 Å². The van der Waals surface area contributed by atoms with Gasteiger partial charge in [0.05, 0.1) is 5.52 Å². The van der Waals surface area contributed by atoms with Crippen LogP contribution >= 0.6 is 0 Å². The summed E-state index contributed by atoms with van der Waals surface area (Å²) < 4.78 is 15.7. The lowest BCUT2D eigenvalue weighted by molar-refractivity contribution is 0.258. The zero-order valence-electron chi connectivity index (χ0n) is 9.57. The highest BCUT2D eigenvalue weighted by Crippen LogP contribution is 2.28. The van der Waals surface area contributed by atoms with Crippen molar-refractivity contribution in [2.24, 2.45) is 0 Å². The van der Waals surface area contributed by atoms with E-state index in [1.807, 2.05) is 6.07 Å². The van der Waals surface area contributed by atoms with E-state index in [0.29, 0.717) is 6.04 Å². The van der Waals surface area contributed by atoms with Crippen LogP contribution in [0.15, 0.2) is 24.4 Å². The van der Waals surface area contributed by atoms with Crippen molar-refractivity contribution in [1.29, 1.82) is 0 Å². The van der Waals surface area contributed by atoms with Gasteiger partial charge in [0, 0.05) is 24.2 Å². The van der Waals surface area contributed by atoms with E-state index in [1.165, 1.54) is 5.52 Å². The fraction of sp³-hybridized carbons (Fsp3) is 0.385. The maximum Gasteiger partial charge on any atom is 0.124 e. The monoisotopic (exact) mass is 218 g/mol. The van der Waals surface area contributed by atoms with E-state index in [9.17, 15) is 4.39 Å². The van der Waals surface area contributed by atoms with Crippen LogP contribution in [0.25, 0.3) is 10.9 Å². The summed E-state index contributed by atoms with van der Waals surface area (Å²) in [5, 5.41) is 1.02. The maximum atomic E-state index is 13.4. The SMILES string of the molecule is CN(C)[C@@H]1Cc2cc(F)cc3ccn(c23)C1. The van der Waals surface area contributed by atoms with Crippen molar-refractivity contribution in [2.75, 3.05) is 14.1 Å². The molecule has 1 aliphatic heterocycles. The minimum absolute atomic E-state index is 0.125. The molecule has 2 nitrogen and oxygen atoms in total. The average Bonchev–Trinajstić information content (AvgIpc) is 2.62. The molecule has 0 radical (unpaired) electrons. The Hall–Kier alpha value is -1.35. The number of rotatable bonds is 1. The summed E-state index contributed by atoms with van der Waals surface area (Å²) >= 11 is 0. The second-order valence-electron chi connectivity index (χ2n) is 4.79. The van der Waals surface area contributed by atoms with Crippen LogP contribution < -0.4 is 0 Å². The fourth-order valence-electron chi connectivity index (χ4n) is 2.60. The van der Waals surface area contributed by atoms with Crippen LogP contribution in [-0.4, -0.2) is 29.6 Å². The molecule has 1 aliphatic rings. The lowest BCUT2D eigenvalue weighted by atomic mass is 9.99. The number of hydrogen-bond acceptors (Lipinski definition) is 1. The van der Waals surface area contributed by atoms with Gasteiger partial charge in [-0.15, -0.1) is 0 Å². The Morgan fingerprint density at radius 1 is 1.38 bits per heavy atom. The first-order valence-corrected chi connectivity index (χ1v) is 5.59. The second kappa shape index (κ2) is 3.32. The van der Waals surface area contributed by atoms with E-state index in [1.54, 1.807) is 12.1 Å². The van der Waals surface area contributed by atoms with Crippen LogP contribution in [0.2, 0.25) is 0 Å². The lowest BCUT2D eigenvalue weighted by Crippen LogP contribution is -2.36. The summed E-state index contributed by atoms with van der Waals surface area (Å²) in [7, 11) is 4.16. The highest BCUT2D eigenvalue weighted by atomic mass is 19.1. The van der Waals surface area contributed by atoms with E-state index in [0.717, 1.165) is 23.9 Å². The van der Waals surface area contributed by atoms with Gasteiger partial charge < -0.3 is 9.47 Å². The summed E-state index contributed by atoms with van der Waals surface area (Å²) in [4.78, 5) is 2.21. The van der Waals surface area contributed by atoms with Gasteiger partial charge in [0.25, 0.3) is 0 Å². The molecule has 1 aromatic carbocycles. The lowest BCUT2D eigenvalue weighted by Gasteiger charge is -2.29. The number of nitrogens with zero attached hydrogens (tertiary/aromatic N) is 2. The Kier molecular flexibility index (Phi) is 2.04. The zero-order chi connectivity index (χ0) is 11.3. The number of benzene rings is 1. The number of halogens is 1. The minimum atomic E-state index is -0.125. The molecule has 16 heavy (non-hydrogen) atoms. The van der Waals surface area contributed by atoms with Crippen LogP contribution in [0.5, 0.6) is 0 Å². The molecule has 84 valence electrons. The van der Waals surface area contributed by atoms with Crippen LogP contribution in [-0.2, 0) is 13.0 Å². The molecule has 3 heteroatoms. The molecular formula is C13H15FN2. The highest BCUT2D eigenvalue weighted by Gasteiger charge is 2.22. The van der Waals surface area contributed by atoms with Crippen LogP contribution in [0.3, 0.4) is 0 Å². The number of aromatic nitrogens is 1. The molecule has 0 fully saturated rings. The summed E-state index contributed by atoms with van der Waals surface area (Å²) in [5.74, 6) is -0.125. The van der Waals surface area contributed by atoms with Crippen molar-refractivity contribution in [3.05, 3.63) is 35.8 Å². The summed E-state index contributed by atoms with van der Waals surface area (Å²) in [6, 6.07) is 5.75. The third-order valence-corrected chi connectivity index (χ3v) is 3.50. The van der Waals surface area contributed by atoms with Gasteiger partial charge in [-0.3, -0.25) is 0 Å². The molecule has 0 unspecified atom stereocenters. The Balaban J connectivity index is 2.18. The maximum absolute atomic E-state index is 13.4. The molecule has 0 amide bonds. The molecule has 3 rings (SSSR count). The quantitative estimate of drug-likeness (QED) is 0.713. The number of likely N-dealkylation sites (N-methyl/N-ethyl adjacent to an activating group) is 1. The van der Waals surface area contributed by atoms with Crippen molar-refractivity contribution < 1.29 is 4.39 Å². The number of hydrogen-bond donors (Lipinski definition) is 0. The predicted molar refractivity (Wildman–Crippen MR) is 63.1 cm³/mol. The molecule has 1 atom stereocenters. The second-order valence-corrected chi connectivity index (χ2v) is 4.79. The summed E-state index contributed by atoms with van der Waals surface area (Å²) in [6.45, 7) is 0.995. The molecular weight excluding hydrogens is 203 g/mol. The fourth-order valence-corrected chi connectivity index (χ4v) is 2.60. The Morgan fingerprint density at radius 2 is 2.19 bits per heavy atom. The molecule has 1 aromatic heterocycles. The molecule has 2 aromatic rings. The average molecular weight is 218 g/mol. The van der Waals surface area contributed by atoms with Gasteiger partial charge >= 0.3 is 0 Å². The highest BCUT2D eigenvalue weighted by molar-refractivity contribution is 5.84. The summed E-state index contributed by atoms with van der Waals surface area (Å²) in [6.07, 6.45) is 2.99. The molecule has 0 spiro atoms. The zero-order valence-corrected chi connectivity index (χ0v) is 9.57. The summed E-state index contributed by atoms with van der Waals surface area (Å²) in [5.41, 5.74) is 2.34. The smallest absolute Gasteiger partial charge is 0.124 e. The van der Waals surface area contributed by atoms with Gasteiger partial charge in [-0.2, -0.15) is 0 Å². The van der Waals surface area contributed by atoms with Crippen molar-refractivity contribution in [2.45, 2.75) is 19.0 Å².